The fourth-order valence-electron chi connectivity index (χ4n) is 3.14. The molecule has 0 amide bonds. The van der Waals surface area contributed by atoms with E-state index in [0.717, 1.165) is 5.52 Å². The lowest BCUT2D eigenvalue weighted by atomic mass is 10.1. The van der Waals surface area contributed by atoms with Crippen LogP contribution in [0.15, 0.2) is 47.3 Å². The van der Waals surface area contributed by atoms with E-state index in [1.54, 1.807) is 19.1 Å². The fourth-order valence-corrected chi connectivity index (χ4v) is 3.31. The van der Waals surface area contributed by atoms with Crippen molar-refractivity contribution in [2.24, 2.45) is 0 Å². The average Bonchev–Trinajstić information content (AvgIpc) is 3.04. The maximum Gasteiger partial charge on any atom is 0.348 e. The number of aromatic amines is 1. The molecule has 0 spiro atoms. The van der Waals surface area contributed by atoms with Gasteiger partial charge in [0.1, 0.15) is 17.4 Å². The number of nitrogens with one attached hydrogen (secondary N) is 2. The van der Waals surface area contributed by atoms with Gasteiger partial charge in [-0.1, -0.05) is 23.7 Å². The highest BCUT2D eigenvalue weighted by Crippen LogP contribution is 2.26. The number of nitrogens with zero attached hydrogens (tertiary/aromatic N) is 2. The largest absolute Gasteiger partial charge is 0.506 e. The first-order valence-corrected chi connectivity index (χ1v) is 8.53. The minimum Gasteiger partial charge on any atom is -0.506 e. The van der Waals surface area contributed by atoms with Crippen molar-refractivity contribution in [3.05, 3.63) is 74.2 Å². The smallest absolute Gasteiger partial charge is 0.348 e. The summed E-state index contributed by atoms with van der Waals surface area (Å²) in [6, 6.07) is 14.1. The molecule has 0 aliphatic carbocycles. The normalized spacial score (nSPS) is 11.8. The Kier molecular flexibility index (Phi) is 3.94. The summed E-state index contributed by atoms with van der Waals surface area (Å²) >= 11 is 5.96. The number of pyridine rings is 1. The molecule has 0 aliphatic heterocycles. The van der Waals surface area contributed by atoms with E-state index in [1.807, 2.05) is 24.3 Å². The van der Waals surface area contributed by atoms with Gasteiger partial charge < -0.3 is 10.4 Å². The Hall–Kier alpha value is -3.56. The van der Waals surface area contributed by atoms with Crippen LogP contribution in [0.2, 0.25) is 5.02 Å². The van der Waals surface area contributed by atoms with Crippen molar-refractivity contribution in [3.8, 4) is 11.8 Å². The van der Waals surface area contributed by atoms with Gasteiger partial charge in [0.2, 0.25) is 0 Å². The molecule has 0 atom stereocenters. The number of aromatic hydroxyl groups is 1. The first kappa shape index (κ1) is 16.9. The molecule has 0 fully saturated rings. The number of halogens is 1. The molecule has 6 nitrogen and oxygen atoms in total. The fraction of sp³-hybridized carbons (Fsp3) is 0.0500. The highest BCUT2D eigenvalue weighted by Gasteiger charge is 2.22. The van der Waals surface area contributed by atoms with E-state index in [4.69, 9.17) is 11.6 Å². The number of hydrogen-bond donors (Lipinski definition) is 2. The summed E-state index contributed by atoms with van der Waals surface area (Å²) < 4.78 is 1.49. The number of anilines is 1. The van der Waals surface area contributed by atoms with Crippen LogP contribution in [-0.4, -0.2) is 9.51 Å². The summed E-state index contributed by atoms with van der Waals surface area (Å²) in [6.07, 6.45) is 1.48. The van der Waals surface area contributed by atoms with Crippen LogP contribution < -0.4 is 21.1 Å². The lowest BCUT2D eigenvalue weighted by molar-refractivity contribution is -0.311. The third-order valence-electron chi connectivity index (χ3n) is 4.51. The van der Waals surface area contributed by atoms with Crippen molar-refractivity contribution in [2.45, 2.75) is 6.92 Å². The second kappa shape index (κ2) is 6.31. The molecular weight excluding hydrogens is 364 g/mol. The van der Waals surface area contributed by atoms with Crippen molar-refractivity contribution in [1.82, 2.24) is 4.40 Å². The van der Waals surface area contributed by atoms with Crippen LogP contribution in [-0.2, 0) is 0 Å². The van der Waals surface area contributed by atoms with Gasteiger partial charge >= 0.3 is 11.2 Å². The number of phenolic OH excluding ortho intramolecular Hbond substituents is 1. The summed E-state index contributed by atoms with van der Waals surface area (Å²) in [4.78, 5) is 16.3. The van der Waals surface area contributed by atoms with Crippen LogP contribution in [0.1, 0.15) is 11.1 Å². The average molecular weight is 378 g/mol. The zero-order valence-corrected chi connectivity index (χ0v) is 15.0. The molecule has 2 heterocycles. The monoisotopic (exact) mass is 377 g/mol. The molecule has 0 aliphatic rings. The Labute approximate surface area is 158 Å². The highest BCUT2D eigenvalue weighted by molar-refractivity contribution is 6.30. The number of phenols is 1. The lowest BCUT2D eigenvalue weighted by Gasteiger charge is -2.04. The quantitative estimate of drug-likeness (QED) is 0.525. The predicted octanol–water partition coefficient (Wildman–Crippen LogP) is 2.37. The molecule has 2 aromatic heterocycles. The van der Waals surface area contributed by atoms with Crippen LogP contribution in [0, 0.1) is 18.3 Å². The Bertz CT molecular complexity index is 1370. The number of benzene rings is 2. The van der Waals surface area contributed by atoms with Crippen molar-refractivity contribution in [2.75, 3.05) is 5.32 Å². The molecule has 132 valence electrons. The molecule has 0 saturated carbocycles. The van der Waals surface area contributed by atoms with E-state index in [-0.39, 0.29) is 11.3 Å². The van der Waals surface area contributed by atoms with Crippen molar-refractivity contribution >= 4 is 40.2 Å². The first-order valence-electron chi connectivity index (χ1n) is 8.15. The molecule has 7 heteroatoms. The van der Waals surface area contributed by atoms with Gasteiger partial charge in [-0.15, -0.1) is 0 Å². The minimum absolute atomic E-state index is 0.00193. The van der Waals surface area contributed by atoms with Crippen LogP contribution in [0.3, 0.4) is 0 Å². The topological polar surface area (TPSA) is 91.7 Å². The number of aromatic nitrogens is 2. The van der Waals surface area contributed by atoms with Crippen molar-refractivity contribution in [1.29, 1.82) is 5.26 Å². The maximum absolute atomic E-state index is 13.1. The Morgan fingerprint density at radius 3 is 2.85 bits per heavy atom. The molecule has 0 bridgehead atoms. The van der Waals surface area contributed by atoms with Crippen LogP contribution in [0.5, 0.6) is 5.75 Å². The van der Waals surface area contributed by atoms with Crippen LogP contribution in [0.25, 0.3) is 22.9 Å². The van der Waals surface area contributed by atoms with E-state index in [9.17, 15) is 15.2 Å². The van der Waals surface area contributed by atoms with Gasteiger partial charge in [0.25, 0.3) is 0 Å². The van der Waals surface area contributed by atoms with Crippen molar-refractivity contribution < 1.29 is 10.1 Å². The number of nitriles is 1. The second-order valence-corrected chi connectivity index (χ2v) is 6.54. The second-order valence-electron chi connectivity index (χ2n) is 6.11. The van der Waals surface area contributed by atoms with Gasteiger partial charge in [-0.2, -0.15) is 9.66 Å². The summed E-state index contributed by atoms with van der Waals surface area (Å²) in [5, 5.41) is 23.3. The standard InChI is InChI=1S/C20H13ClN4O2/c1-11-13(9-22)19-24-15-4-2-3-5-17(15)25(19)20(27)14(11)10-23-16-8-12(21)6-7-18(16)26/h2-8,10,23,26H,1H3/p+1. The van der Waals surface area contributed by atoms with Gasteiger partial charge in [0.05, 0.1) is 10.9 Å². The molecule has 0 saturated heterocycles. The van der Waals surface area contributed by atoms with Gasteiger partial charge in [0, 0.05) is 11.2 Å². The summed E-state index contributed by atoms with van der Waals surface area (Å²) in [5.41, 5.74) is 2.94. The predicted molar refractivity (Wildman–Crippen MR) is 104 cm³/mol. The van der Waals surface area contributed by atoms with E-state index >= 15 is 0 Å². The number of para-hydroxylation sites is 2. The number of fused-ring (bicyclic) bond motifs is 3. The summed E-state index contributed by atoms with van der Waals surface area (Å²) in [5.74, 6) is 0.00193. The van der Waals surface area contributed by atoms with Crippen molar-refractivity contribution in [3.63, 3.8) is 0 Å². The molecule has 2 aromatic carbocycles. The summed E-state index contributed by atoms with van der Waals surface area (Å²) in [6.45, 7) is 1.72. The Morgan fingerprint density at radius 2 is 2.07 bits per heavy atom. The van der Waals surface area contributed by atoms with Gasteiger partial charge in [-0.3, -0.25) is 0 Å². The SMILES string of the molecule is Cc1c(C#N)c2[nH+]c3ccccc3n2c(=O)c1=CNc1cc(Cl)ccc1O. The molecule has 27 heavy (non-hydrogen) atoms. The van der Waals surface area contributed by atoms with Gasteiger partial charge in [-0.05, 0) is 42.8 Å². The maximum atomic E-state index is 13.1. The van der Waals surface area contributed by atoms with E-state index in [2.05, 4.69) is 16.4 Å². The highest BCUT2D eigenvalue weighted by atomic mass is 35.5. The van der Waals surface area contributed by atoms with Gasteiger partial charge in [0.15, 0.2) is 11.0 Å². The first-order chi connectivity index (χ1) is 13.0. The molecule has 0 radical (unpaired) electrons. The zero-order chi connectivity index (χ0) is 19.1. The van der Waals surface area contributed by atoms with Crippen LogP contribution in [0.4, 0.5) is 5.69 Å². The third-order valence-corrected chi connectivity index (χ3v) is 4.75. The molecule has 3 N–H and O–H groups in total. The number of rotatable bonds is 2. The molecule has 4 aromatic rings. The Morgan fingerprint density at radius 1 is 1.30 bits per heavy atom. The molecule has 0 unspecified atom stereocenters. The van der Waals surface area contributed by atoms with E-state index in [1.165, 1.54) is 16.7 Å². The Balaban J connectivity index is 2.03. The third kappa shape index (κ3) is 2.65. The van der Waals surface area contributed by atoms with E-state index in [0.29, 0.717) is 38.2 Å². The summed E-state index contributed by atoms with van der Waals surface area (Å²) in [7, 11) is 0. The lowest BCUT2D eigenvalue weighted by Crippen LogP contribution is -2.35. The zero-order valence-electron chi connectivity index (χ0n) is 14.2. The number of H-pyrrole nitrogens is 1. The molecule has 4 rings (SSSR count). The van der Waals surface area contributed by atoms with Gasteiger partial charge in [-0.25, -0.2) is 9.78 Å². The number of imidazole rings is 1. The molecular formula is C20H14ClN4O2+. The number of hydrogen-bond acceptors (Lipinski definition) is 4. The van der Waals surface area contributed by atoms with E-state index < -0.39 is 0 Å². The van der Waals surface area contributed by atoms with Crippen LogP contribution >= 0.6 is 11.6 Å². The minimum atomic E-state index is -0.270.